The molecule has 1 aromatic carbocycles. The van der Waals surface area contributed by atoms with E-state index in [1.807, 2.05) is 6.92 Å². The van der Waals surface area contributed by atoms with E-state index in [2.05, 4.69) is 15.5 Å². The van der Waals surface area contributed by atoms with E-state index in [1.165, 1.54) is 0 Å². The summed E-state index contributed by atoms with van der Waals surface area (Å²) in [5, 5.41) is 5.55. The number of carbonyl (C=O) groups excluding carboxylic acids is 1. The van der Waals surface area contributed by atoms with E-state index < -0.39 is 15.9 Å². The first-order chi connectivity index (χ1) is 12.0. The predicted octanol–water partition coefficient (Wildman–Crippen LogP) is 0.870. The fourth-order valence-corrected chi connectivity index (χ4v) is 4.25. The maximum absolute atomic E-state index is 12.4. The zero-order valence-corrected chi connectivity index (χ0v) is 15.4. The Bertz CT molecular complexity index is 631. The summed E-state index contributed by atoms with van der Waals surface area (Å²) in [6.07, 6.45) is 0.545. The van der Waals surface area contributed by atoms with E-state index in [0.29, 0.717) is 13.0 Å². The van der Waals surface area contributed by atoms with E-state index in [9.17, 15) is 13.2 Å². The molecular weight excluding hydrogens is 342 g/mol. The zero-order chi connectivity index (χ0) is 18.1. The van der Waals surface area contributed by atoms with Crippen molar-refractivity contribution in [1.29, 1.82) is 0 Å². The Hall–Kier alpha value is -1.64. The maximum atomic E-state index is 12.4. The lowest BCUT2D eigenvalue weighted by atomic mass is 10.3. The Balaban J connectivity index is 1.77. The van der Waals surface area contributed by atoms with Crippen LogP contribution >= 0.6 is 0 Å². The van der Waals surface area contributed by atoms with Crippen molar-refractivity contribution >= 4 is 15.9 Å². The lowest BCUT2D eigenvalue weighted by Crippen LogP contribution is -2.47. The highest BCUT2D eigenvalue weighted by Crippen LogP contribution is 2.12. The summed E-state index contributed by atoms with van der Waals surface area (Å²) in [6.45, 7) is 6.33. The van der Waals surface area contributed by atoms with Crippen LogP contribution in [0.4, 0.5) is 4.79 Å². The number of carbonyl (C=O) groups is 1. The normalized spacial score (nSPS) is 17.0. The van der Waals surface area contributed by atoms with Gasteiger partial charge in [-0.1, -0.05) is 25.1 Å². The summed E-state index contributed by atoms with van der Waals surface area (Å²) in [7, 11) is -3.42. The lowest BCUT2D eigenvalue weighted by molar-refractivity contribution is 0.0387. The van der Waals surface area contributed by atoms with Crippen LogP contribution < -0.4 is 10.6 Å². The van der Waals surface area contributed by atoms with Gasteiger partial charge in [0.1, 0.15) is 0 Å². The van der Waals surface area contributed by atoms with E-state index in [0.717, 1.165) is 32.8 Å². The van der Waals surface area contributed by atoms with Crippen LogP contribution in [0.2, 0.25) is 0 Å². The second-order valence-corrected chi connectivity index (χ2v) is 8.09. The fraction of sp³-hybridized carbons (Fsp3) is 0.588. The van der Waals surface area contributed by atoms with E-state index in [1.54, 1.807) is 30.3 Å². The van der Waals surface area contributed by atoms with Crippen molar-refractivity contribution in [3.63, 3.8) is 0 Å². The lowest BCUT2D eigenvalue weighted by Gasteiger charge is -2.26. The molecule has 2 N–H and O–H groups in total. The smallest absolute Gasteiger partial charge is 0.315 e. The van der Waals surface area contributed by atoms with E-state index >= 15 is 0 Å². The quantitative estimate of drug-likeness (QED) is 0.710. The van der Waals surface area contributed by atoms with Crippen LogP contribution in [0.1, 0.15) is 13.3 Å². The van der Waals surface area contributed by atoms with Crippen LogP contribution in [0.3, 0.4) is 0 Å². The molecule has 8 heteroatoms. The van der Waals surface area contributed by atoms with Gasteiger partial charge in [0, 0.05) is 32.2 Å². The van der Waals surface area contributed by atoms with Gasteiger partial charge in [-0.05, 0) is 18.6 Å². The summed E-state index contributed by atoms with van der Waals surface area (Å²) in [5.41, 5.74) is 0. The van der Waals surface area contributed by atoms with Crippen LogP contribution in [-0.4, -0.2) is 70.5 Å². The SMILES string of the molecule is CC[C@@H](CS(=O)(=O)c1ccccc1)NC(=O)NCCN1CCOCC1. The van der Waals surface area contributed by atoms with Gasteiger partial charge in [0.05, 0.1) is 23.9 Å². The zero-order valence-electron chi connectivity index (χ0n) is 14.6. The molecule has 1 aromatic rings. The first-order valence-corrected chi connectivity index (χ1v) is 10.3. The molecule has 140 valence electrons. The van der Waals surface area contributed by atoms with Gasteiger partial charge in [-0.2, -0.15) is 0 Å². The van der Waals surface area contributed by atoms with Crippen molar-refractivity contribution in [2.45, 2.75) is 24.3 Å². The van der Waals surface area contributed by atoms with Crippen LogP contribution in [-0.2, 0) is 14.6 Å². The molecule has 1 fully saturated rings. The van der Waals surface area contributed by atoms with Crippen LogP contribution in [0, 0.1) is 0 Å². The number of benzene rings is 1. The summed E-state index contributed by atoms with van der Waals surface area (Å²) in [6, 6.07) is 7.56. The molecular formula is C17H27N3O4S. The molecule has 7 nitrogen and oxygen atoms in total. The van der Waals surface area contributed by atoms with Crippen LogP contribution in [0.5, 0.6) is 0 Å². The van der Waals surface area contributed by atoms with Gasteiger partial charge in [0.15, 0.2) is 9.84 Å². The molecule has 2 rings (SSSR count). The van der Waals surface area contributed by atoms with E-state index in [4.69, 9.17) is 4.74 Å². The van der Waals surface area contributed by atoms with Gasteiger partial charge in [-0.3, -0.25) is 4.90 Å². The molecule has 1 atom stereocenters. The Kier molecular flexibility index (Phi) is 7.67. The van der Waals surface area contributed by atoms with Crippen LogP contribution in [0.15, 0.2) is 35.2 Å². The number of rotatable bonds is 8. The first-order valence-electron chi connectivity index (χ1n) is 8.63. The number of hydrogen-bond donors (Lipinski definition) is 2. The number of amides is 2. The van der Waals surface area contributed by atoms with E-state index in [-0.39, 0.29) is 16.7 Å². The molecule has 0 spiro atoms. The highest BCUT2D eigenvalue weighted by molar-refractivity contribution is 7.91. The fourth-order valence-electron chi connectivity index (χ4n) is 2.64. The van der Waals surface area contributed by atoms with Gasteiger partial charge < -0.3 is 15.4 Å². The van der Waals surface area contributed by atoms with Crippen molar-refractivity contribution in [3.05, 3.63) is 30.3 Å². The molecule has 1 saturated heterocycles. The number of ether oxygens (including phenoxy) is 1. The summed E-state index contributed by atoms with van der Waals surface area (Å²) in [5.74, 6) is -0.107. The summed E-state index contributed by atoms with van der Waals surface area (Å²) >= 11 is 0. The largest absolute Gasteiger partial charge is 0.379 e. The minimum absolute atomic E-state index is 0.107. The van der Waals surface area contributed by atoms with Crippen molar-refractivity contribution in [2.24, 2.45) is 0 Å². The molecule has 1 heterocycles. The third-order valence-corrected chi connectivity index (χ3v) is 6.00. The molecule has 0 aromatic heterocycles. The van der Waals surface area contributed by atoms with Gasteiger partial charge in [-0.25, -0.2) is 13.2 Å². The molecule has 25 heavy (non-hydrogen) atoms. The monoisotopic (exact) mass is 369 g/mol. The molecule has 1 aliphatic rings. The standard InChI is InChI=1S/C17H27N3O4S/c1-2-15(14-25(22,23)16-6-4-3-5-7-16)19-17(21)18-8-9-20-10-12-24-13-11-20/h3-7,15H,2,8-14H2,1H3,(H2,18,19,21)/t15-/m0/s1. The highest BCUT2D eigenvalue weighted by Gasteiger charge is 2.21. The molecule has 0 saturated carbocycles. The van der Waals surface area contributed by atoms with Gasteiger partial charge >= 0.3 is 6.03 Å². The minimum Gasteiger partial charge on any atom is -0.379 e. The molecule has 0 radical (unpaired) electrons. The Morgan fingerprint density at radius 2 is 1.92 bits per heavy atom. The van der Waals surface area contributed by atoms with Crippen molar-refractivity contribution in [3.8, 4) is 0 Å². The van der Waals surface area contributed by atoms with Gasteiger partial charge in [0.2, 0.25) is 0 Å². The number of hydrogen-bond acceptors (Lipinski definition) is 5. The Morgan fingerprint density at radius 1 is 1.24 bits per heavy atom. The topological polar surface area (TPSA) is 87.7 Å². The van der Waals surface area contributed by atoms with Crippen molar-refractivity contribution in [1.82, 2.24) is 15.5 Å². The third kappa shape index (κ3) is 6.64. The summed E-state index contributed by atoms with van der Waals surface area (Å²) < 4.78 is 30.1. The average Bonchev–Trinajstić information content (AvgIpc) is 2.62. The molecule has 2 amide bonds. The Labute approximate surface area is 149 Å². The minimum atomic E-state index is -3.42. The highest BCUT2D eigenvalue weighted by atomic mass is 32.2. The second kappa shape index (κ2) is 9.74. The van der Waals surface area contributed by atoms with Gasteiger partial charge in [-0.15, -0.1) is 0 Å². The molecule has 0 unspecified atom stereocenters. The third-order valence-electron chi connectivity index (χ3n) is 4.17. The molecule has 0 aliphatic carbocycles. The molecule has 1 aliphatic heterocycles. The average molecular weight is 369 g/mol. The first kappa shape index (κ1) is 19.7. The summed E-state index contributed by atoms with van der Waals surface area (Å²) in [4.78, 5) is 14.5. The Morgan fingerprint density at radius 3 is 2.56 bits per heavy atom. The number of urea groups is 1. The van der Waals surface area contributed by atoms with Crippen molar-refractivity contribution < 1.29 is 17.9 Å². The number of sulfone groups is 1. The number of morpholine rings is 1. The number of nitrogens with zero attached hydrogens (tertiary/aromatic N) is 1. The van der Waals surface area contributed by atoms with Crippen molar-refractivity contribution in [2.75, 3.05) is 45.1 Å². The molecule has 0 bridgehead atoms. The second-order valence-electron chi connectivity index (χ2n) is 6.05. The predicted molar refractivity (Wildman–Crippen MR) is 96.4 cm³/mol. The van der Waals surface area contributed by atoms with Crippen LogP contribution in [0.25, 0.3) is 0 Å². The maximum Gasteiger partial charge on any atom is 0.315 e. The number of nitrogens with one attached hydrogen (secondary N) is 2. The van der Waals surface area contributed by atoms with Gasteiger partial charge in [0.25, 0.3) is 0 Å².